The van der Waals surface area contributed by atoms with Crippen molar-refractivity contribution in [2.45, 2.75) is 6.92 Å². The molecule has 0 aliphatic heterocycles. The molecule has 0 atom stereocenters. The smallest absolute Gasteiger partial charge is 0.260 e. The third-order valence-electron chi connectivity index (χ3n) is 3.66. The number of halogens is 1. The van der Waals surface area contributed by atoms with Crippen molar-refractivity contribution in [1.29, 1.82) is 5.26 Å². The zero-order valence-corrected chi connectivity index (χ0v) is 13.5. The highest BCUT2D eigenvalue weighted by molar-refractivity contribution is 6.07. The molecule has 0 saturated carbocycles. The first kappa shape index (κ1) is 16.3. The Balaban J connectivity index is 2.00. The predicted octanol–water partition coefficient (Wildman–Crippen LogP) is 3.65. The van der Waals surface area contributed by atoms with Gasteiger partial charge in [0.15, 0.2) is 0 Å². The average Bonchev–Trinajstić information content (AvgIpc) is 3.23. The van der Waals surface area contributed by atoms with Gasteiger partial charge in [0.05, 0.1) is 12.8 Å². The Morgan fingerprint density at radius 2 is 2.08 bits per heavy atom. The van der Waals surface area contributed by atoms with E-state index in [9.17, 15) is 14.4 Å². The summed E-state index contributed by atoms with van der Waals surface area (Å²) in [6.07, 6.45) is 3.42. The average molecular weight is 339 g/mol. The molecule has 2 aromatic heterocycles. The van der Waals surface area contributed by atoms with Gasteiger partial charge in [-0.1, -0.05) is 0 Å². The summed E-state index contributed by atoms with van der Waals surface area (Å²) < 4.78 is 25.6. The molecular weight excluding hydrogens is 325 g/mol. The normalized spacial score (nSPS) is 10.3. The van der Waals surface area contributed by atoms with Crippen molar-refractivity contribution in [2.75, 3.05) is 12.4 Å². The van der Waals surface area contributed by atoms with Crippen molar-refractivity contribution in [3.8, 4) is 17.7 Å². The van der Waals surface area contributed by atoms with E-state index in [0.717, 1.165) is 6.07 Å². The molecule has 0 unspecified atom stereocenters. The van der Waals surface area contributed by atoms with Crippen LogP contribution in [0.25, 0.3) is 5.88 Å². The van der Waals surface area contributed by atoms with Crippen molar-refractivity contribution in [2.24, 2.45) is 0 Å². The zero-order chi connectivity index (χ0) is 18.0. The Kier molecular flexibility index (Phi) is 4.27. The summed E-state index contributed by atoms with van der Waals surface area (Å²) in [6.45, 7) is 1.60. The third kappa shape index (κ3) is 2.97. The molecule has 1 aromatic carbocycles. The maximum absolute atomic E-state index is 13.3. The van der Waals surface area contributed by atoms with E-state index in [4.69, 9.17) is 9.15 Å². The molecule has 6 nitrogen and oxygen atoms in total. The van der Waals surface area contributed by atoms with E-state index in [-0.39, 0.29) is 22.8 Å². The van der Waals surface area contributed by atoms with E-state index in [1.807, 2.05) is 6.07 Å². The highest BCUT2D eigenvalue weighted by Gasteiger charge is 2.25. The number of amides is 1. The van der Waals surface area contributed by atoms with Crippen molar-refractivity contribution in [1.82, 2.24) is 4.57 Å². The van der Waals surface area contributed by atoms with E-state index in [0.29, 0.717) is 11.4 Å². The highest BCUT2D eigenvalue weighted by atomic mass is 19.1. The molecule has 0 fully saturated rings. The summed E-state index contributed by atoms with van der Waals surface area (Å²) in [7, 11) is 1.37. The number of aromatic nitrogens is 1. The van der Waals surface area contributed by atoms with Crippen LogP contribution in [0.3, 0.4) is 0 Å². The van der Waals surface area contributed by atoms with E-state index in [1.165, 1.54) is 19.2 Å². The van der Waals surface area contributed by atoms with Crippen molar-refractivity contribution < 1.29 is 18.3 Å². The zero-order valence-electron chi connectivity index (χ0n) is 13.5. The standard InChI is InChI=1S/C18H14FN3O3/c1-11-16(13(10-20)18(25-11)22-7-3-4-8-22)17(23)21-14-6-5-12(19)9-15(14)24-2/h3-9H,1-2H3,(H,21,23). The first-order valence-electron chi connectivity index (χ1n) is 7.37. The summed E-state index contributed by atoms with van der Waals surface area (Å²) in [5, 5.41) is 12.1. The first-order chi connectivity index (χ1) is 12.0. The molecule has 126 valence electrons. The molecule has 3 rings (SSSR count). The third-order valence-corrected chi connectivity index (χ3v) is 3.66. The molecule has 25 heavy (non-hydrogen) atoms. The minimum absolute atomic E-state index is 0.118. The quantitative estimate of drug-likeness (QED) is 0.787. The monoisotopic (exact) mass is 339 g/mol. The first-order valence-corrected chi connectivity index (χ1v) is 7.37. The minimum atomic E-state index is -0.541. The van der Waals surface area contributed by atoms with Gasteiger partial charge in [0, 0.05) is 18.5 Å². The van der Waals surface area contributed by atoms with Gasteiger partial charge in [-0.2, -0.15) is 5.26 Å². The number of carbonyl (C=O) groups is 1. The lowest BCUT2D eigenvalue weighted by Crippen LogP contribution is -2.14. The molecule has 0 aliphatic carbocycles. The number of hydrogen-bond acceptors (Lipinski definition) is 4. The minimum Gasteiger partial charge on any atom is -0.494 e. The summed E-state index contributed by atoms with van der Waals surface area (Å²) in [5.74, 6) is -0.276. The predicted molar refractivity (Wildman–Crippen MR) is 88.4 cm³/mol. The molecule has 2 heterocycles. The Labute approximate surface area is 143 Å². The number of methoxy groups -OCH3 is 1. The number of nitrogens with one attached hydrogen (secondary N) is 1. The van der Waals surface area contributed by atoms with Gasteiger partial charge in [-0.15, -0.1) is 0 Å². The lowest BCUT2D eigenvalue weighted by molar-refractivity contribution is 0.102. The number of hydrogen-bond donors (Lipinski definition) is 1. The van der Waals surface area contributed by atoms with Crippen LogP contribution < -0.4 is 10.1 Å². The van der Waals surface area contributed by atoms with Crippen LogP contribution in [0.4, 0.5) is 10.1 Å². The maximum atomic E-state index is 13.3. The van der Waals surface area contributed by atoms with Gasteiger partial charge < -0.3 is 14.5 Å². The van der Waals surface area contributed by atoms with Crippen molar-refractivity contribution in [3.63, 3.8) is 0 Å². The molecule has 1 N–H and O–H groups in total. The molecular formula is C18H14FN3O3. The van der Waals surface area contributed by atoms with E-state index < -0.39 is 11.7 Å². The molecule has 1 amide bonds. The Morgan fingerprint density at radius 3 is 2.72 bits per heavy atom. The second-order valence-corrected chi connectivity index (χ2v) is 5.21. The summed E-state index contributed by atoms with van der Waals surface area (Å²) in [6, 6.07) is 9.33. The summed E-state index contributed by atoms with van der Waals surface area (Å²) in [5.41, 5.74) is 0.533. The number of aryl methyl sites for hydroxylation is 1. The van der Waals surface area contributed by atoms with Gasteiger partial charge in [-0.05, 0) is 31.2 Å². The second kappa shape index (κ2) is 6.53. The molecule has 0 aliphatic rings. The van der Waals surface area contributed by atoms with Crippen LogP contribution >= 0.6 is 0 Å². The van der Waals surface area contributed by atoms with Crippen LogP contribution in [-0.2, 0) is 0 Å². The Hall–Kier alpha value is -3.53. The topological polar surface area (TPSA) is 80.2 Å². The number of carbonyl (C=O) groups excluding carboxylic acids is 1. The van der Waals surface area contributed by atoms with E-state index >= 15 is 0 Å². The van der Waals surface area contributed by atoms with Gasteiger partial charge in [-0.25, -0.2) is 4.39 Å². The fourth-order valence-corrected chi connectivity index (χ4v) is 2.51. The molecule has 3 aromatic rings. The maximum Gasteiger partial charge on any atom is 0.260 e. The van der Waals surface area contributed by atoms with Crippen LogP contribution in [0.5, 0.6) is 5.75 Å². The molecule has 0 bridgehead atoms. The largest absolute Gasteiger partial charge is 0.494 e. The fourth-order valence-electron chi connectivity index (χ4n) is 2.51. The number of rotatable bonds is 4. The molecule has 0 saturated heterocycles. The van der Waals surface area contributed by atoms with Crippen LogP contribution in [0.15, 0.2) is 47.1 Å². The highest BCUT2D eigenvalue weighted by Crippen LogP contribution is 2.29. The molecule has 0 spiro atoms. The number of nitriles is 1. The van der Waals surface area contributed by atoms with Crippen LogP contribution in [0.1, 0.15) is 21.7 Å². The van der Waals surface area contributed by atoms with Crippen molar-refractivity contribution in [3.05, 3.63) is 65.4 Å². The van der Waals surface area contributed by atoms with E-state index in [1.54, 1.807) is 36.0 Å². The molecule has 0 radical (unpaired) electrons. The van der Waals surface area contributed by atoms with Gasteiger partial charge in [0.2, 0.25) is 5.88 Å². The number of furan rings is 1. The van der Waals surface area contributed by atoms with Gasteiger partial charge >= 0.3 is 0 Å². The fraction of sp³-hybridized carbons (Fsp3) is 0.111. The second-order valence-electron chi connectivity index (χ2n) is 5.21. The SMILES string of the molecule is COc1cc(F)ccc1NC(=O)c1c(C)oc(-n2cccc2)c1C#N. The van der Waals surface area contributed by atoms with Gasteiger partial charge in [0.1, 0.15) is 34.5 Å². The number of benzene rings is 1. The van der Waals surface area contributed by atoms with Crippen LogP contribution in [-0.4, -0.2) is 17.6 Å². The Morgan fingerprint density at radius 1 is 1.36 bits per heavy atom. The van der Waals surface area contributed by atoms with Gasteiger partial charge in [-0.3, -0.25) is 9.36 Å². The lowest BCUT2D eigenvalue weighted by Gasteiger charge is -2.10. The Bertz CT molecular complexity index is 968. The number of ether oxygens (including phenoxy) is 1. The van der Waals surface area contributed by atoms with Crippen molar-refractivity contribution >= 4 is 11.6 Å². The lowest BCUT2D eigenvalue weighted by atomic mass is 10.1. The number of anilines is 1. The van der Waals surface area contributed by atoms with Crippen LogP contribution in [0.2, 0.25) is 0 Å². The summed E-state index contributed by atoms with van der Waals surface area (Å²) in [4.78, 5) is 12.7. The van der Waals surface area contributed by atoms with Crippen LogP contribution in [0, 0.1) is 24.1 Å². The van der Waals surface area contributed by atoms with Gasteiger partial charge in [0.25, 0.3) is 5.91 Å². The number of nitrogens with zero attached hydrogens (tertiary/aromatic N) is 2. The van der Waals surface area contributed by atoms with E-state index in [2.05, 4.69) is 5.32 Å². The molecule has 7 heteroatoms. The summed E-state index contributed by atoms with van der Waals surface area (Å²) >= 11 is 0.